The van der Waals surface area contributed by atoms with Gasteiger partial charge in [0.1, 0.15) is 0 Å². The lowest BCUT2D eigenvalue weighted by Crippen LogP contribution is -2.42. The van der Waals surface area contributed by atoms with Gasteiger partial charge in [-0.15, -0.1) is 0 Å². The van der Waals surface area contributed by atoms with Crippen LogP contribution in [0.15, 0.2) is 0 Å². The van der Waals surface area contributed by atoms with E-state index in [4.69, 9.17) is 0 Å². The molecule has 0 spiro atoms. The van der Waals surface area contributed by atoms with E-state index < -0.39 is 10.0 Å². The number of hydrogen-bond acceptors (Lipinski definition) is 3. The summed E-state index contributed by atoms with van der Waals surface area (Å²) in [6.45, 7) is 5.56. The zero-order valence-corrected chi connectivity index (χ0v) is 13.0. The third-order valence-electron chi connectivity index (χ3n) is 4.77. The molecule has 19 heavy (non-hydrogen) atoms. The standard InChI is InChI=1S/C14H28N2O2S/c1-3-6-15-7-8-19(17,18)16-11(2)14-10-12-4-5-13(14)9-12/h11-16H,3-10H2,1-2H3. The van der Waals surface area contributed by atoms with Gasteiger partial charge in [-0.3, -0.25) is 0 Å². The molecule has 2 aliphatic carbocycles. The van der Waals surface area contributed by atoms with Crippen molar-refractivity contribution in [3.8, 4) is 0 Å². The molecule has 2 rings (SSSR count). The topological polar surface area (TPSA) is 58.2 Å². The van der Waals surface area contributed by atoms with E-state index in [0.29, 0.717) is 12.5 Å². The second-order valence-electron chi connectivity index (χ2n) is 6.31. The first-order valence-corrected chi connectivity index (χ1v) is 9.37. The molecule has 5 heteroatoms. The SMILES string of the molecule is CCCNCCS(=O)(=O)NC(C)C1CC2CCC1C2. The Kier molecular flexibility index (Phi) is 5.26. The summed E-state index contributed by atoms with van der Waals surface area (Å²) in [4.78, 5) is 0. The van der Waals surface area contributed by atoms with Crippen molar-refractivity contribution in [3.05, 3.63) is 0 Å². The van der Waals surface area contributed by atoms with E-state index in [1.54, 1.807) is 0 Å². The molecule has 0 radical (unpaired) electrons. The van der Waals surface area contributed by atoms with E-state index in [-0.39, 0.29) is 11.8 Å². The lowest BCUT2D eigenvalue weighted by Gasteiger charge is -2.28. The third-order valence-corrected chi connectivity index (χ3v) is 6.25. The van der Waals surface area contributed by atoms with Crippen LogP contribution in [-0.2, 0) is 10.0 Å². The Morgan fingerprint density at radius 2 is 2.00 bits per heavy atom. The van der Waals surface area contributed by atoms with Crippen molar-refractivity contribution < 1.29 is 8.42 Å². The highest BCUT2D eigenvalue weighted by atomic mass is 32.2. The average molecular weight is 288 g/mol. The van der Waals surface area contributed by atoms with Gasteiger partial charge in [0.25, 0.3) is 0 Å². The highest BCUT2D eigenvalue weighted by molar-refractivity contribution is 7.89. The number of nitrogens with one attached hydrogen (secondary N) is 2. The van der Waals surface area contributed by atoms with Crippen molar-refractivity contribution in [3.63, 3.8) is 0 Å². The summed E-state index contributed by atoms with van der Waals surface area (Å²) in [7, 11) is -3.13. The van der Waals surface area contributed by atoms with Crippen LogP contribution in [0.2, 0.25) is 0 Å². The average Bonchev–Trinajstić information content (AvgIpc) is 2.96. The second kappa shape index (κ2) is 6.55. The molecular formula is C14H28N2O2S. The normalized spacial score (nSPS) is 31.8. The van der Waals surface area contributed by atoms with E-state index in [9.17, 15) is 8.42 Å². The zero-order valence-electron chi connectivity index (χ0n) is 12.2. The van der Waals surface area contributed by atoms with Gasteiger partial charge in [0.2, 0.25) is 10.0 Å². The molecule has 2 aliphatic rings. The van der Waals surface area contributed by atoms with Crippen molar-refractivity contribution >= 4 is 10.0 Å². The number of hydrogen-bond donors (Lipinski definition) is 2. The molecule has 2 saturated carbocycles. The van der Waals surface area contributed by atoms with Crippen LogP contribution in [0.3, 0.4) is 0 Å². The Balaban J connectivity index is 1.76. The highest BCUT2D eigenvalue weighted by Crippen LogP contribution is 2.49. The highest BCUT2D eigenvalue weighted by Gasteiger charge is 2.42. The molecular weight excluding hydrogens is 260 g/mol. The first-order chi connectivity index (χ1) is 9.02. The Labute approximate surface area is 117 Å². The summed E-state index contributed by atoms with van der Waals surface area (Å²) in [5.74, 6) is 2.39. The van der Waals surface area contributed by atoms with Gasteiger partial charge in [-0.2, -0.15) is 0 Å². The maximum atomic E-state index is 12.0. The molecule has 4 unspecified atom stereocenters. The van der Waals surface area contributed by atoms with Gasteiger partial charge in [-0.25, -0.2) is 13.1 Å². The van der Waals surface area contributed by atoms with E-state index >= 15 is 0 Å². The van der Waals surface area contributed by atoms with E-state index in [0.717, 1.165) is 24.8 Å². The monoisotopic (exact) mass is 288 g/mol. The Morgan fingerprint density at radius 3 is 2.58 bits per heavy atom. The summed E-state index contributed by atoms with van der Waals surface area (Å²) in [6.07, 6.45) is 6.26. The Morgan fingerprint density at radius 1 is 1.21 bits per heavy atom. The molecule has 0 aromatic rings. The van der Waals surface area contributed by atoms with Gasteiger partial charge in [-0.05, 0) is 56.9 Å². The van der Waals surface area contributed by atoms with Gasteiger partial charge in [0.05, 0.1) is 5.75 Å². The minimum atomic E-state index is -3.13. The fourth-order valence-electron chi connectivity index (χ4n) is 3.84. The molecule has 4 nitrogen and oxygen atoms in total. The van der Waals surface area contributed by atoms with Gasteiger partial charge >= 0.3 is 0 Å². The minimum absolute atomic E-state index is 0.103. The maximum absolute atomic E-state index is 12.0. The van der Waals surface area contributed by atoms with Crippen molar-refractivity contribution in [2.75, 3.05) is 18.8 Å². The largest absolute Gasteiger partial charge is 0.316 e. The minimum Gasteiger partial charge on any atom is -0.316 e. The van der Waals surface area contributed by atoms with E-state index in [1.165, 1.54) is 25.7 Å². The predicted octanol–water partition coefficient (Wildman–Crippen LogP) is 1.73. The molecule has 0 aromatic heterocycles. The van der Waals surface area contributed by atoms with Crippen LogP contribution in [0.4, 0.5) is 0 Å². The molecule has 112 valence electrons. The molecule has 0 amide bonds. The Hall–Kier alpha value is -0.130. The summed E-state index contributed by atoms with van der Waals surface area (Å²) in [5, 5.41) is 3.14. The molecule has 2 fully saturated rings. The van der Waals surface area contributed by atoms with Crippen LogP contribution in [0, 0.1) is 17.8 Å². The molecule has 2 bridgehead atoms. The van der Waals surface area contributed by atoms with Crippen molar-refractivity contribution in [2.24, 2.45) is 17.8 Å². The van der Waals surface area contributed by atoms with Crippen LogP contribution in [0.5, 0.6) is 0 Å². The molecule has 4 atom stereocenters. The fourth-order valence-corrected chi connectivity index (χ4v) is 5.12. The smallest absolute Gasteiger partial charge is 0.213 e. The van der Waals surface area contributed by atoms with Crippen LogP contribution in [-0.4, -0.2) is 33.3 Å². The van der Waals surface area contributed by atoms with Gasteiger partial charge in [0.15, 0.2) is 0 Å². The van der Waals surface area contributed by atoms with Gasteiger partial charge in [-0.1, -0.05) is 13.3 Å². The molecule has 0 heterocycles. The number of rotatable bonds is 8. The van der Waals surface area contributed by atoms with Gasteiger partial charge in [0, 0.05) is 12.6 Å². The molecule has 0 saturated heterocycles. The third kappa shape index (κ3) is 4.17. The maximum Gasteiger partial charge on any atom is 0.213 e. The van der Waals surface area contributed by atoms with Crippen LogP contribution >= 0.6 is 0 Å². The first-order valence-electron chi connectivity index (χ1n) is 7.72. The summed E-state index contributed by atoms with van der Waals surface area (Å²) in [5.41, 5.74) is 0. The van der Waals surface area contributed by atoms with Crippen molar-refractivity contribution in [2.45, 2.75) is 52.0 Å². The lowest BCUT2D eigenvalue weighted by atomic mass is 9.84. The van der Waals surface area contributed by atoms with Crippen LogP contribution in [0.25, 0.3) is 0 Å². The van der Waals surface area contributed by atoms with E-state index in [1.807, 2.05) is 6.92 Å². The van der Waals surface area contributed by atoms with Crippen LogP contribution in [0.1, 0.15) is 46.0 Å². The Bertz CT molecular complexity index is 383. The zero-order chi connectivity index (χ0) is 13.9. The number of fused-ring (bicyclic) bond motifs is 2. The van der Waals surface area contributed by atoms with Crippen molar-refractivity contribution in [1.82, 2.24) is 10.0 Å². The summed E-state index contributed by atoms with van der Waals surface area (Å²) >= 11 is 0. The van der Waals surface area contributed by atoms with Crippen LogP contribution < -0.4 is 10.0 Å². The van der Waals surface area contributed by atoms with Gasteiger partial charge < -0.3 is 5.32 Å². The predicted molar refractivity (Wildman–Crippen MR) is 78.5 cm³/mol. The van der Waals surface area contributed by atoms with Crippen molar-refractivity contribution in [1.29, 1.82) is 0 Å². The summed E-state index contributed by atoms with van der Waals surface area (Å²) in [6, 6.07) is 0.103. The molecule has 2 N–H and O–H groups in total. The first kappa shape index (κ1) is 15.3. The number of sulfonamides is 1. The fraction of sp³-hybridized carbons (Fsp3) is 1.00. The molecule has 0 aromatic carbocycles. The summed E-state index contributed by atoms with van der Waals surface area (Å²) < 4.78 is 26.9. The second-order valence-corrected chi connectivity index (χ2v) is 8.19. The quantitative estimate of drug-likeness (QED) is 0.669. The lowest BCUT2D eigenvalue weighted by molar-refractivity contribution is 0.280. The van der Waals surface area contributed by atoms with E-state index in [2.05, 4.69) is 17.0 Å². The molecule has 0 aliphatic heterocycles.